The standard InChI is InChI=1S/C31H41ClN2O8/c1-6-40-25-19-24(27(32)28(41-7-2)26(25)21(4)35)20(3)34(15-18-42-22(5)23-11-9-8-10-12-23)30(38)33-31(29(36)37)13-16-39-17-14-31/h8-12,19-20,22H,6-7,13-18H2,1-5H3,(H,33,38)(H,36,37)/t20-,22+/m1/s1. The van der Waals surface area contributed by atoms with Crippen molar-refractivity contribution < 1.29 is 38.4 Å². The number of benzene rings is 2. The summed E-state index contributed by atoms with van der Waals surface area (Å²) in [6, 6.07) is 10.1. The summed E-state index contributed by atoms with van der Waals surface area (Å²) in [5.41, 5.74) is 0.221. The van der Waals surface area contributed by atoms with E-state index in [1.54, 1.807) is 26.8 Å². The summed E-state index contributed by atoms with van der Waals surface area (Å²) in [5, 5.41) is 13.0. The number of urea groups is 1. The number of rotatable bonds is 14. The van der Waals surface area contributed by atoms with Crippen LogP contribution < -0.4 is 14.8 Å². The fourth-order valence-corrected chi connectivity index (χ4v) is 5.35. The van der Waals surface area contributed by atoms with Crippen LogP contribution in [0.4, 0.5) is 4.79 Å². The van der Waals surface area contributed by atoms with E-state index in [0.29, 0.717) is 17.9 Å². The molecular formula is C31H41ClN2O8. The predicted octanol–water partition coefficient (Wildman–Crippen LogP) is 5.82. The minimum absolute atomic E-state index is 0.120. The molecule has 11 heteroatoms. The molecule has 1 saturated heterocycles. The minimum Gasteiger partial charge on any atom is -0.493 e. The van der Waals surface area contributed by atoms with Crippen molar-refractivity contribution in [2.24, 2.45) is 0 Å². The molecule has 0 unspecified atom stereocenters. The first-order valence-electron chi connectivity index (χ1n) is 14.3. The summed E-state index contributed by atoms with van der Waals surface area (Å²) < 4.78 is 23.1. The Kier molecular flexibility index (Phi) is 12.0. The number of nitrogens with one attached hydrogen (secondary N) is 1. The smallest absolute Gasteiger partial charge is 0.329 e. The molecule has 3 rings (SSSR count). The lowest BCUT2D eigenvalue weighted by molar-refractivity contribution is -0.148. The van der Waals surface area contributed by atoms with Gasteiger partial charge in [0.25, 0.3) is 0 Å². The molecule has 2 atom stereocenters. The van der Waals surface area contributed by atoms with Gasteiger partial charge in [-0.2, -0.15) is 0 Å². The number of amides is 2. The Hall–Kier alpha value is -3.34. The number of ether oxygens (including phenoxy) is 4. The molecule has 2 aromatic rings. The number of aliphatic carboxylic acids is 1. The van der Waals surface area contributed by atoms with Crippen LogP contribution in [0.1, 0.15) is 81.1 Å². The summed E-state index contributed by atoms with van der Waals surface area (Å²) in [5.74, 6) is -0.925. The second kappa shape index (κ2) is 15.2. The van der Waals surface area contributed by atoms with Crippen molar-refractivity contribution in [3.05, 3.63) is 58.1 Å². The summed E-state index contributed by atoms with van der Waals surface area (Å²) in [6.45, 7) is 9.94. The van der Waals surface area contributed by atoms with Crippen molar-refractivity contribution >= 4 is 29.4 Å². The molecule has 0 bridgehead atoms. The molecule has 1 aliphatic rings. The molecule has 10 nitrogen and oxygen atoms in total. The number of carboxylic acids is 1. The van der Waals surface area contributed by atoms with E-state index in [1.165, 1.54) is 11.8 Å². The van der Waals surface area contributed by atoms with Crippen LogP contribution in [0.25, 0.3) is 0 Å². The van der Waals surface area contributed by atoms with E-state index in [4.69, 9.17) is 30.5 Å². The largest absolute Gasteiger partial charge is 0.493 e. The Morgan fingerprint density at radius 3 is 2.31 bits per heavy atom. The second-order valence-electron chi connectivity index (χ2n) is 10.1. The van der Waals surface area contributed by atoms with Crippen LogP contribution in [0.2, 0.25) is 5.02 Å². The van der Waals surface area contributed by atoms with Crippen LogP contribution in [0.3, 0.4) is 0 Å². The van der Waals surface area contributed by atoms with Gasteiger partial charge < -0.3 is 34.3 Å². The molecule has 0 aliphatic carbocycles. The van der Waals surface area contributed by atoms with Gasteiger partial charge in [0, 0.05) is 38.2 Å². The van der Waals surface area contributed by atoms with Crippen LogP contribution in [-0.2, 0) is 14.3 Å². The zero-order chi connectivity index (χ0) is 30.9. The van der Waals surface area contributed by atoms with Gasteiger partial charge in [-0.05, 0) is 46.2 Å². The Labute approximate surface area is 252 Å². The Morgan fingerprint density at radius 2 is 1.74 bits per heavy atom. The van der Waals surface area contributed by atoms with Crippen molar-refractivity contribution in [1.82, 2.24) is 10.2 Å². The molecule has 2 aromatic carbocycles. The lowest BCUT2D eigenvalue weighted by atomic mass is 9.90. The maximum Gasteiger partial charge on any atom is 0.329 e. The molecule has 42 heavy (non-hydrogen) atoms. The van der Waals surface area contributed by atoms with Crippen LogP contribution in [0.5, 0.6) is 11.5 Å². The molecule has 2 amide bonds. The number of hydrogen-bond donors (Lipinski definition) is 2. The van der Waals surface area contributed by atoms with Gasteiger partial charge in [-0.3, -0.25) is 4.79 Å². The van der Waals surface area contributed by atoms with E-state index in [-0.39, 0.29) is 74.0 Å². The van der Waals surface area contributed by atoms with Crippen molar-refractivity contribution in [2.75, 3.05) is 39.6 Å². The summed E-state index contributed by atoms with van der Waals surface area (Å²) >= 11 is 6.85. The van der Waals surface area contributed by atoms with Crippen LogP contribution in [-0.4, -0.2) is 72.9 Å². The number of halogens is 1. The molecule has 0 aromatic heterocycles. The van der Waals surface area contributed by atoms with Gasteiger partial charge >= 0.3 is 12.0 Å². The number of Topliss-reactive ketones (excluding diaryl/α,β-unsaturated/α-hetero) is 1. The lowest BCUT2D eigenvalue weighted by Gasteiger charge is -2.38. The van der Waals surface area contributed by atoms with Crippen LogP contribution in [0, 0.1) is 0 Å². The second-order valence-corrected chi connectivity index (χ2v) is 10.5. The Morgan fingerprint density at radius 1 is 1.10 bits per heavy atom. The van der Waals surface area contributed by atoms with Gasteiger partial charge in [0.1, 0.15) is 16.9 Å². The predicted molar refractivity (Wildman–Crippen MR) is 159 cm³/mol. The maximum absolute atomic E-state index is 13.9. The molecule has 0 radical (unpaired) electrons. The lowest BCUT2D eigenvalue weighted by Crippen LogP contribution is -2.60. The third kappa shape index (κ3) is 7.73. The summed E-state index contributed by atoms with van der Waals surface area (Å²) in [6.07, 6.45) is 0.0313. The van der Waals surface area contributed by atoms with Gasteiger partial charge in [0.15, 0.2) is 11.5 Å². The first-order chi connectivity index (χ1) is 20.1. The van der Waals surface area contributed by atoms with Crippen molar-refractivity contribution in [3.63, 3.8) is 0 Å². The number of carbonyl (C=O) groups is 3. The monoisotopic (exact) mass is 604 g/mol. The minimum atomic E-state index is -1.47. The van der Waals surface area contributed by atoms with E-state index < -0.39 is 23.6 Å². The van der Waals surface area contributed by atoms with Gasteiger partial charge in [-0.1, -0.05) is 41.9 Å². The fourth-order valence-electron chi connectivity index (χ4n) is 4.99. The van der Waals surface area contributed by atoms with Gasteiger partial charge in [-0.25, -0.2) is 9.59 Å². The van der Waals surface area contributed by atoms with Gasteiger partial charge in [0.2, 0.25) is 0 Å². The van der Waals surface area contributed by atoms with Crippen molar-refractivity contribution in [1.29, 1.82) is 0 Å². The average Bonchev–Trinajstić information content (AvgIpc) is 2.97. The Balaban J connectivity index is 2.00. The van der Waals surface area contributed by atoms with Crippen molar-refractivity contribution in [2.45, 2.75) is 65.1 Å². The molecule has 230 valence electrons. The average molecular weight is 605 g/mol. The van der Waals surface area contributed by atoms with E-state index >= 15 is 0 Å². The first-order valence-corrected chi connectivity index (χ1v) is 14.6. The fraction of sp³-hybridized carbons (Fsp3) is 0.516. The molecule has 0 spiro atoms. The SMILES string of the molecule is CCOc1cc([C@@H](C)N(CCO[C@@H](C)c2ccccc2)C(=O)NC2(C(=O)O)CCOCC2)c(Cl)c(OCC)c1C(C)=O. The summed E-state index contributed by atoms with van der Waals surface area (Å²) in [7, 11) is 0. The molecule has 1 aliphatic heterocycles. The molecular weight excluding hydrogens is 564 g/mol. The van der Waals surface area contributed by atoms with E-state index in [0.717, 1.165) is 5.56 Å². The van der Waals surface area contributed by atoms with E-state index in [2.05, 4.69) is 5.32 Å². The third-order valence-electron chi connectivity index (χ3n) is 7.40. The normalized spacial score (nSPS) is 15.8. The van der Waals surface area contributed by atoms with E-state index in [9.17, 15) is 19.5 Å². The van der Waals surface area contributed by atoms with Crippen LogP contribution >= 0.6 is 11.6 Å². The summed E-state index contributed by atoms with van der Waals surface area (Å²) in [4.78, 5) is 40.3. The molecule has 1 fully saturated rings. The number of ketones is 1. The van der Waals surface area contributed by atoms with E-state index in [1.807, 2.05) is 37.3 Å². The number of carbonyl (C=O) groups excluding carboxylic acids is 2. The van der Waals surface area contributed by atoms with Crippen LogP contribution in [0.15, 0.2) is 36.4 Å². The highest BCUT2D eigenvalue weighted by atomic mass is 35.5. The number of hydrogen-bond acceptors (Lipinski definition) is 7. The van der Waals surface area contributed by atoms with Gasteiger partial charge in [0.05, 0.1) is 37.0 Å². The van der Waals surface area contributed by atoms with Gasteiger partial charge in [-0.15, -0.1) is 0 Å². The topological polar surface area (TPSA) is 124 Å². The molecule has 2 N–H and O–H groups in total. The highest BCUT2D eigenvalue weighted by Gasteiger charge is 2.43. The third-order valence-corrected chi connectivity index (χ3v) is 7.79. The number of nitrogens with zero attached hydrogens (tertiary/aromatic N) is 1. The maximum atomic E-state index is 13.9. The molecule has 1 heterocycles. The highest BCUT2D eigenvalue weighted by molar-refractivity contribution is 6.33. The zero-order valence-corrected chi connectivity index (χ0v) is 25.7. The Bertz CT molecular complexity index is 1230. The highest BCUT2D eigenvalue weighted by Crippen LogP contribution is 2.43. The quantitative estimate of drug-likeness (QED) is 0.258. The number of carboxylic acid groups (broad SMARTS) is 1. The first kappa shape index (κ1) is 33.2. The van der Waals surface area contributed by atoms with Crippen molar-refractivity contribution in [3.8, 4) is 11.5 Å². The zero-order valence-electron chi connectivity index (χ0n) is 24.9. The molecule has 0 saturated carbocycles.